The van der Waals surface area contributed by atoms with E-state index in [1.54, 1.807) is 12.4 Å². The first-order chi connectivity index (χ1) is 6.66. The van der Waals surface area contributed by atoms with Crippen LogP contribution in [0.5, 0.6) is 0 Å². The van der Waals surface area contributed by atoms with Gasteiger partial charge >= 0.3 is 0 Å². The first kappa shape index (κ1) is 9.77. The van der Waals surface area contributed by atoms with Crippen molar-refractivity contribution < 1.29 is 0 Å². The van der Waals surface area contributed by atoms with Gasteiger partial charge in [-0.05, 0) is 38.5 Å². The SMILES string of the molecule is Nc1nc(Br)n(-c2ncc(I)cn2)n1. The predicted octanol–water partition coefficient (Wildman–Crippen LogP) is 1.01. The van der Waals surface area contributed by atoms with Gasteiger partial charge < -0.3 is 5.73 Å². The lowest BCUT2D eigenvalue weighted by atomic mass is 10.7. The smallest absolute Gasteiger partial charge is 0.253 e. The second-order valence-electron chi connectivity index (χ2n) is 2.35. The van der Waals surface area contributed by atoms with Crippen LogP contribution in [0.15, 0.2) is 17.1 Å². The van der Waals surface area contributed by atoms with Crippen LogP contribution in [-0.4, -0.2) is 24.7 Å². The van der Waals surface area contributed by atoms with Crippen molar-refractivity contribution >= 4 is 44.5 Å². The molecule has 0 aliphatic rings. The molecule has 0 unspecified atom stereocenters. The largest absolute Gasteiger partial charge is 0.366 e. The van der Waals surface area contributed by atoms with Crippen molar-refractivity contribution in [2.45, 2.75) is 0 Å². The zero-order valence-electron chi connectivity index (χ0n) is 6.72. The monoisotopic (exact) mass is 366 g/mol. The first-order valence-corrected chi connectivity index (χ1v) is 5.40. The molecule has 0 saturated carbocycles. The van der Waals surface area contributed by atoms with Gasteiger partial charge in [-0.2, -0.15) is 9.67 Å². The van der Waals surface area contributed by atoms with Crippen molar-refractivity contribution in [1.82, 2.24) is 24.7 Å². The van der Waals surface area contributed by atoms with Crippen LogP contribution in [0.2, 0.25) is 0 Å². The van der Waals surface area contributed by atoms with Gasteiger partial charge in [-0.3, -0.25) is 0 Å². The van der Waals surface area contributed by atoms with Gasteiger partial charge in [-0.1, -0.05) is 0 Å². The molecule has 2 N–H and O–H groups in total. The minimum absolute atomic E-state index is 0.180. The average Bonchev–Trinajstić information content (AvgIpc) is 2.47. The maximum atomic E-state index is 5.42. The highest BCUT2D eigenvalue weighted by molar-refractivity contribution is 14.1. The van der Waals surface area contributed by atoms with Crippen LogP contribution < -0.4 is 5.73 Å². The van der Waals surface area contributed by atoms with E-state index in [0.29, 0.717) is 10.7 Å². The van der Waals surface area contributed by atoms with Crippen LogP contribution in [0.1, 0.15) is 0 Å². The summed E-state index contributed by atoms with van der Waals surface area (Å²) in [6.07, 6.45) is 3.38. The number of rotatable bonds is 1. The minimum Gasteiger partial charge on any atom is -0.366 e. The second kappa shape index (κ2) is 3.77. The number of aromatic nitrogens is 5. The number of hydrogen-bond acceptors (Lipinski definition) is 5. The molecule has 0 fully saturated rings. The number of halogens is 2. The molecule has 6 nitrogen and oxygen atoms in total. The van der Waals surface area contributed by atoms with Gasteiger partial charge in [0.15, 0.2) is 0 Å². The van der Waals surface area contributed by atoms with Crippen molar-refractivity contribution in [3.05, 3.63) is 20.7 Å². The summed E-state index contributed by atoms with van der Waals surface area (Å²) in [6, 6.07) is 0. The second-order valence-corrected chi connectivity index (χ2v) is 4.31. The van der Waals surface area contributed by atoms with Crippen LogP contribution in [-0.2, 0) is 0 Å². The first-order valence-electron chi connectivity index (χ1n) is 3.53. The third-order valence-electron chi connectivity index (χ3n) is 1.38. The fraction of sp³-hybridized carbons (Fsp3) is 0. The third kappa shape index (κ3) is 1.85. The Labute approximate surface area is 101 Å². The van der Waals surface area contributed by atoms with E-state index in [1.807, 2.05) is 0 Å². The lowest BCUT2D eigenvalue weighted by molar-refractivity contribution is 0.789. The van der Waals surface area contributed by atoms with Crippen LogP contribution >= 0.6 is 38.5 Å². The summed E-state index contributed by atoms with van der Waals surface area (Å²) < 4.78 is 2.86. The van der Waals surface area contributed by atoms with Crippen LogP contribution in [0.3, 0.4) is 0 Å². The molecule has 2 heterocycles. The Morgan fingerprint density at radius 2 is 2.00 bits per heavy atom. The Balaban J connectivity index is 2.49. The van der Waals surface area contributed by atoms with Gasteiger partial charge in [0.25, 0.3) is 5.95 Å². The topological polar surface area (TPSA) is 82.5 Å². The van der Waals surface area contributed by atoms with E-state index in [0.717, 1.165) is 3.57 Å². The molecule has 2 rings (SSSR count). The molecular weight excluding hydrogens is 363 g/mol. The molecule has 0 aliphatic carbocycles. The van der Waals surface area contributed by atoms with Gasteiger partial charge in [-0.25, -0.2) is 9.97 Å². The zero-order chi connectivity index (χ0) is 10.1. The van der Waals surface area contributed by atoms with Crippen LogP contribution in [0.25, 0.3) is 5.95 Å². The maximum absolute atomic E-state index is 5.42. The standard InChI is InChI=1S/C6H4BrIN6/c7-4-12-5(9)13-14(4)6-10-1-3(8)2-11-6/h1-2H,(H2,9,13). The van der Waals surface area contributed by atoms with Crippen molar-refractivity contribution in [3.63, 3.8) is 0 Å². The number of anilines is 1. The molecule has 0 aromatic carbocycles. The molecule has 0 radical (unpaired) electrons. The highest BCUT2D eigenvalue weighted by atomic mass is 127. The Kier molecular flexibility index (Phi) is 2.63. The lowest BCUT2D eigenvalue weighted by Crippen LogP contribution is -2.03. The number of nitrogens with zero attached hydrogens (tertiary/aromatic N) is 5. The Morgan fingerprint density at radius 3 is 2.50 bits per heavy atom. The Morgan fingerprint density at radius 1 is 1.36 bits per heavy atom. The molecule has 2 aromatic heterocycles. The number of nitrogen functional groups attached to an aromatic ring is 1. The normalized spacial score (nSPS) is 10.4. The lowest BCUT2D eigenvalue weighted by Gasteiger charge is -1.98. The summed E-state index contributed by atoms with van der Waals surface area (Å²) in [4.78, 5) is 12.0. The fourth-order valence-electron chi connectivity index (χ4n) is 0.850. The molecule has 72 valence electrons. The molecule has 0 atom stereocenters. The van der Waals surface area contributed by atoms with Crippen molar-refractivity contribution in [1.29, 1.82) is 0 Å². The van der Waals surface area contributed by atoms with Gasteiger partial charge in [-0.15, -0.1) is 5.10 Å². The zero-order valence-corrected chi connectivity index (χ0v) is 10.5. The highest BCUT2D eigenvalue weighted by Crippen LogP contribution is 2.12. The Bertz CT molecular complexity index is 452. The van der Waals surface area contributed by atoms with Gasteiger partial charge in [0.2, 0.25) is 10.7 Å². The van der Waals surface area contributed by atoms with E-state index in [-0.39, 0.29) is 5.95 Å². The summed E-state index contributed by atoms with van der Waals surface area (Å²) in [5, 5.41) is 3.92. The van der Waals surface area contributed by atoms with E-state index in [9.17, 15) is 0 Å². The van der Waals surface area contributed by atoms with E-state index in [2.05, 4.69) is 58.6 Å². The summed E-state index contributed by atoms with van der Waals surface area (Å²) in [6.45, 7) is 0. The average molecular weight is 367 g/mol. The van der Waals surface area contributed by atoms with Crippen molar-refractivity contribution in [2.24, 2.45) is 0 Å². The maximum Gasteiger partial charge on any atom is 0.253 e. The van der Waals surface area contributed by atoms with Crippen LogP contribution in [0, 0.1) is 3.57 Å². The summed E-state index contributed by atoms with van der Waals surface area (Å²) in [5.41, 5.74) is 5.42. The van der Waals surface area contributed by atoms with Gasteiger partial charge in [0, 0.05) is 16.0 Å². The molecule has 0 amide bonds. The molecule has 0 aliphatic heterocycles. The molecule has 0 spiro atoms. The predicted molar refractivity (Wildman–Crippen MR) is 61.8 cm³/mol. The summed E-state index contributed by atoms with van der Waals surface area (Å²) in [5.74, 6) is 0.612. The Hall–Kier alpha value is -0.770. The quantitative estimate of drug-likeness (QED) is 0.761. The van der Waals surface area contributed by atoms with Gasteiger partial charge in [0.05, 0.1) is 0 Å². The molecule has 0 saturated heterocycles. The minimum atomic E-state index is 0.180. The third-order valence-corrected chi connectivity index (χ3v) is 2.45. The van der Waals surface area contributed by atoms with E-state index in [4.69, 9.17) is 5.73 Å². The van der Waals surface area contributed by atoms with Gasteiger partial charge in [0.1, 0.15) is 0 Å². The molecule has 8 heteroatoms. The summed E-state index contributed by atoms with van der Waals surface area (Å²) >= 11 is 5.32. The molecule has 0 bridgehead atoms. The number of nitrogens with two attached hydrogens (primary N) is 1. The fourth-order valence-corrected chi connectivity index (χ4v) is 1.55. The number of hydrogen-bond donors (Lipinski definition) is 1. The van der Waals surface area contributed by atoms with Crippen LogP contribution in [0.4, 0.5) is 5.95 Å². The van der Waals surface area contributed by atoms with E-state index < -0.39 is 0 Å². The molecule has 2 aromatic rings. The molecule has 14 heavy (non-hydrogen) atoms. The van der Waals surface area contributed by atoms with Crippen molar-refractivity contribution in [3.8, 4) is 5.95 Å². The van der Waals surface area contributed by atoms with E-state index in [1.165, 1.54) is 4.68 Å². The highest BCUT2D eigenvalue weighted by Gasteiger charge is 2.08. The van der Waals surface area contributed by atoms with E-state index >= 15 is 0 Å². The van der Waals surface area contributed by atoms with Crippen molar-refractivity contribution in [2.75, 3.05) is 5.73 Å². The molecular formula is C6H4BrIN6. The summed E-state index contributed by atoms with van der Waals surface area (Å²) in [7, 11) is 0.